The Hall–Kier alpha value is -0.580. The zero-order chi connectivity index (χ0) is 11.5. The number of hydrogen-bond donors (Lipinski definition) is 2. The Labute approximate surface area is 104 Å². The fourth-order valence-electron chi connectivity index (χ4n) is 2.19. The largest absolute Gasteiger partial charge is 0.506 e. The molecule has 16 heavy (non-hydrogen) atoms. The van der Waals surface area contributed by atoms with Crippen LogP contribution in [-0.2, 0) is 24.2 Å². The number of halogens is 1. The molecule has 0 spiro atoms. The zero-order valence-corrected chi connectivity index (χ0v) is 10.9. The van der Waals surface area contributed by atoms with E-state index in [1.165, 1.54) is 24.0 Å². The van der Waals surface area contributed by atoms with Gasteiger partial charge in [-0.15, -0.1) is 0 Å². The summed E-state index contributed by atoms with van der Waals surface area (Å²) in [5, 5.41) is 10.0. The van der Waals surface area contributed by atoms with Crippen LogP contribution < -0.4 is 5.48 Å². The topological polar surface area (TPSA) is 41.5 Å². The fraction of sp³-hybridized carbons (Fsp3) is 0.500. The third kappa shape index (κ3) is 2.24. The first-order valence-electron chi connectivity index (χ1n) is 5.52. The molecule has 0 unspecified atom stereocenters. The molecule has 2 N–H and O–H groups in total. The second-order valence-electron chi connectivity index (χ2n) is 4.07. The van der Waals surface area contributed by atoms with Crippen molar-refractivity contribution in [3.63, 3.8) is 0 Å². The van der Waals surface area contributed by atoms with Gasteiger partial charge in [-0.2, -0.15) is 5.48 Å². The first kappa shape index (κ1) is 11.9. The molecule has 2 rings (SSSR count). The minimum absolute atomic E-state index is 0.338. The summed E-state index contributed by atoms with van der Waals surface area (Å²) in [7, 11) is 1.57. The van der Waals surface area contributed by atoms with E-state index in [-0.39, 0.29) is 0 Å². The predicted octanol–water partition coefficient (Wildman–Crippen LogP) is 2.68. The summed E-state index contributed by atoms with van der Waals surface area (Å²) < 4.78 is 0.859. The number of nitrogens with one attached hydrogen (secondary N) is 1. The van der Waals surface area contributed by atoms with Crippen molar-refractivity contribution in [2.45, 2.75) is 32.2 Å². The molecule has 1 aromatic rings. The summed E-state index contributed by atoms with van der Waals surface area (Å²) in [6.07, 6.45) is 4.61. The van der Waals surface area contributed by atoms with Crippen LogP contribution in [0.4, 0.5) is 0 Å². The van der Waals surface area contributed by atoms with Crippen LogP contribution in [0.3, 0.4) is 0 Å². The van der Waals surface area contributed by atoms with Gasteiger partial charge in [0, 0.05) is 12.1 Å². The van der Waals surface area contributed by atoms with Gasteiger partial charge in [0.05, 0.1) is 11.6 Å². The number of phenols is 1. The highest BCUT2D eigenvalue weighted by molar-refractivity contribution is 9.10. The Balaban J connectivity index is 2.36. The lowest BCUT2D eigenvalue weighted by Crippen LogP contribution is -2.13. The number of fused-ring (bicyclic) bond motifs is 1. The van der Waals surface area contributed by atoms with Gasteiger partial charge in [-0.3, -0.25) is 0 Å². The van der Waals surface area contributed by atoms with Crippen LogP contribution in [-0.4, -0.2) is 12.2 Å². The number of benzene rings is 1. The number of hydrogen-bond acceptors (Lipinski definition) is 3. The van der Waals surface area contributed by atoms with Gasteiger partial charge in [0.1, 0.15) is 5.75 Å². The van der Waals surface area contributed by atoms with Gasteiger partial charge >= 0.3 is 0 Å². The quantitative estimate of drug-likeness (QED) is 0.839. The van der Waals surface area contributed by atoms with E-state index in [1.54, 1.807) is 7.11 Å². The van der Waals surface area contributed by atoms with Gasteiger partial charge in [-0.05, 0) is 52.7 Å². The van der Waals surface area contributed by atoms with E-state index in [9.17, 15) is 5.11 Å². The molecular weight excluding hydrogens is 270 g/mol. The molecule has 1 aliphatic carbocycles. The van der Waals surface area contributed by atoms with Crippen molar-refractivity contribution in [2.75, 3.05) is 7.11 Å². The molecular formula is C12H16BrNO2. The Morgan fingerprint density at radius 2 is 2.19 bits per heavy atom. The fourth-order valence-corrected chi connectivity index (χ4v) is 2.89. The molecule has 88 valence electrons. The lowest BCUT2D eigenvalue weighted by atomic mass is 9.90. The molecule has 0 aliphatic heterocycles. The lowest BCUT2D eigenvalue weighted by Gasteiger charge is -2.20. The number of rotatable bonds is 3. The van der Waals surface area contributed by atoms with Gasteiger partial charge in [0.2, 0.25) is 0 Å². The molecule has 0 saturated heterocycles. The highest BCUT2D eigenvalue weighted by atomic mass is 79.9. The number of phenolic OH excluding ortho intramolecular Hbond substituents is 1. The molecule has 0 saturated carbocycles. The zero-order valence-electron chi connectivity index (χ0n) is 9.35. The number of hydroxylamine groups is 1. The summed E-state index contributed by atoms with van der Waals surface area (Å²) in [6, 6.07) is 2.08. The maximum Gasteiger partial charge on any atom is 0.134 e. The first-order chi connectivity index (χ1) is 7.74. The minimum Gasteiger partial charge on any atom is -0.506 e. The van der Waals surface area contributed by atoms with E-state index < -0.39 is 0 Å². The second-order valence-corrected chi connectivity index (χ2v) is 4.86. The summed E-state index contributed by atoms with van der Waals surface area (Å²) in [5.74, 6) is 0.338. The van der Waals surface area contributed by atoms with Crippen molar-refractivity contribution in [3.8, 4) is 5.75 Å². The second kappa shape index (κ2) is 5.17. The minimum atomic E-state index is 0.338. The van der Waals surface area contributed by atoms with Gasteiger partial charge < -0.3 is 9.94 Å². The Morgan fingerprint density at radius 1 is 1.44 bits per heavy atom. The molecule has 0 bridgehead atoms. The summed E-state index contributed by atoms with van der Waals surface area (Å²) in [5.41, 5.74) is 6.26. The van der Waals surface area contributed by atoms with E-state index in [4.69, 9.17) is 4.84 Å². The highest BCUT2D eigenvalue weighted by Gasteiger charge is 2.18. The first-order valence-corrected chi connectivity index (χ1v) is 6.31. The summed E-state index contributed by atoms with van der Waals surface area (Å²) >= 11 is 3.49. The standard InChI is InChI=1S/C12H16BrNO2/c1-16-14-7-9-6-8-4-2-3-5-10(8)11(13)12(9)15/h6,14-15H,2-5,7H2,1H3. The maximum absolute atomic E-state index is 10.0. The maximum atomic E-state index is 10.0. The Morgan fingerprint density at radius 3 is 2.94 bits per heavy atom. The van der Waals surface area contributed by atoms with Crippen molar-refractivity contribution >= 4 is 15.9 Å². The third-order valence-corrected chi connectivity index (χ3v) is 3.90. The molecule has 0 atom stereocenters. The van der Waals surface area contributed by atoms with Crippen LogP contribution >= 0.6 is 15.9 Å². The Bertz CT molecular complexity index is 393. The van der Waals surface area contributed by atoms with Gasteiger partial charge in [0.15, 0.2) is 0 Å². The van der Waals surface area contributed by atoms with Crippen LogP contribution in [0.5, 0.6) is 5.75 Å². The average molecular weight is 286 g/mol. The average Bonchev–Trinajstić information content (AvgIpc) is 2.32. The van der Waals surface area contributed by atoms with E-state index in [0.29, 0.717) is 12.3 Å². The van der Waals surface area contributed by atoms with Crippen molar-refractivity contribution in [3.05, 3.63) is 27.2 Å². The molecule has 0 radical (unpaired) electrons. The lowest BCUT2D eigenvalue weighted by molar-refractivity contribution is 0.0861. The summed E-state index contributed by atoms with van der Waals surface area (Å²) in [6.45, 7) is 0.522. The van der Waals surface area contributed by atoms with Crippen LogP contribution in [0.1, 0.15) is 29.5 Å². The van der Waals surface area contributed by atoms with Crippen molar-refractivity contribution in [1.82, 2.24) is 5.48 Å². The SMILES string of the molecule is CONCc1cc2c(c(Br)c1O)CCCC2. The molecule has 3 nitrogen and oxygen atoms in total. The van der Waals surface area contributed by atoms with Gasteiger partial charge in [-0.25, -0.2) is 0 Å². The Kier molecular flexibility index (Phi) is 3.84. The van der Waals surface area contributed by atoms with E-state index >= 15 is 0 Å². The predicted molar refractivity (Wildman–Crippen MR) is 66.3 cm³/mol. The molecule has 0 heterocycles. The molecule has 0 fully saturated rings. The van der Waals surface area contributed by atoms with E-state index in [0.717, 1.165) is 22.9 Å². The van der Waals surface area contributed by atoms with Crippen molar-refractivity contribution < 1.29 is 9.94 Å². The number of aryl methyl sites for hydroxylation is 1. The normalized spacial score (nSPS) is 14.9. The molecule has 4 heteroatoms. The molecule has 0 aromatic heterocycles. The van der Waals surface area contributed by atoms with E-state index in [2.05, 4.69) is 27.5 Å². The van der Waals surface area contributed by atoms with Gasteiger partial charge in [-0.1, -0.05) is 6.07 Å². The third-order valence-electron chi connectivity index (χ3n) is 3.04. The van der Waals surface area contributed by atoms with Crippen LogP contribution in [0, 0.1) is 0 Å². The van der Waals surface area contributed by atoms with E-state index in [1.807, 2.05) is 0 Å². The van der Waals surface area contributed by atoms with Crippen LogP contribution in [0.2, 0.25) is 0 Å². The van der Waals surface area contributed by atoms with Crippen LogP contribution in [0.15, 0.2) is 10.5 Å². The highest BCUT2D eigenvalue weighted by Crippen LogP contribution is 2.37. The van der Waals surface area contributed by atoms with Gasteiger partial charge in [0.25, 0.3) is 0 Å². The van der Waals surface area contributed by atoms with Crippen molar-refractivity contribution in [1.29, 1.82) is 0 Å². The molecule has 0 amide bonds. The van der Waals surface area contributed by atoms with Crippen LogP contribution in [0.25, 0.3) is 0 Å². The molecule has 1 aromatic carbocycles. The summed E-state index contributed by atoms with van der Waals surface area (Å²) in [4.78, 5) is 4.81. The number of aromatic hydroxyl groups is 1. The van der Waals surface area contributed by atoms with Crippen molar-refractivity contribution in [2.24, 2.45) is 0 Å². The smallest absolute Gasteiger partial charge is 0.134 e. The molecule has 1 aliphatic rings. The monoisotopic (exact) mass is 285 g/mol.